The van der Waals surface area contributed by atoms with Crippen LogP contribution in [0.4, 0.5) is 0 Å². The Morgan fingerprint density at radius 3 is 1.12 bits per heavy atom. The van der Waals surface area contributed by atoms with Gasteiger partial charge in [0.15, 0.2) is 0 Å². The highest BCUT2D eigenvalue weighted by atomic mass is 16.1. The molecule has 0 unspecified atom stereocenters. The molecule has 0 aromatic heterocycles. The minimum Gasteiger partial charge on any atom is -0.333 e. The van der Waals surface area contributed by atoms with Crippen LogP contribution in [0.5, 0.6) is 0 Å². The summed E-state index contributed by atoms with van der Waals surface area (Å²) < 4.78 is 0. The molecular formula is C3H7N3O2. The lowest BCUT2D eigenvalue weighted by Gasteiger charge is -1.19. The number of carbonyl (C=O) groups excluding carboxylic acids is 2. The van der Waals surface area contributed by atoms with Gasteiger partial charge < -0.3 is 5.73 Å². The Kier molecular flexibility index (Phi) is 488. The van der Waals surface area contributed by atoms with Crippen molar-refractivity contribution in [3.8, 4) is 0 Å². The molecule has 0 aliphatic rings. The van der Waals surface area contributed by atoms with Gasteiger partial charge in [-0.15, -0.1) is 0 Å². The third kappa shape index (κ3) is 39.9. The van der Waals surface area contributed by atoms with Crippen molar-refractivity contribution in [3.05, 3.63) is 0 Å². The zero-order chi connectivity index (χ0) is 7.41. The molecule has 4 N–H and O–H groups in total. The van der Waals surface area contributed by atoms with Crippen LogP contribution in [0.3, 0.4) is 0 Å². The molecule has 0 heterocycles. The summed E-state index contributed by atoms with van der Waals surface area (Å²) in [5, 5.41) is 10.8. The first-order chi connectivity index (χ1) is 3.83. The Balaban J connectivity index is -0.0000000483. The fourth-order valence-corrected chi connectivity index (χ4v) is 0. The summed E-state index contributed by atoms with van der Waals surface area (Å²) in [6.45, 7) is 0. The zero-order valence-electron chi connectivity index (χ0n) is 4.39. The van der Waals surface area contributed by atoms with Gasteiger partial charge in [0.05, 0.1) is 0 Å². The van der Waals surface area contributed by atoms with Gasteiger partial charge in [-0.2, -0.15) is 0 Å². The highest BCUT2D eigenvalue weighted by Gasteiger charge is 1.04. The van der Waals surface area contributed by atoms with E-state index in [9.17, 15) is 0 Å². The molecule has 0 saturated carbocycles. The Bertz CT molecular complexity index is 66.5. The number of rotatable bonds is 0. The number of isocyanates is 2. The molecule has 0 saturated heterocycles. The number of nitrogens with one attached hydrogen (secondary N) is 2. The van der Waals surface area contributed by atoms with E-state index in [0.717, 1.165) is 12.2 Å². The molecule has 5 heteroatoms. The minimum absolute atomic E-state index is 0.750. The van der Waals surface area contributed by atoms with E-state index >= 15 is 0 Å². The quantitative estimate of drug-likeness (QED) is 0.290. The van der Waals surface area contributed by atoms with Gasteiger partial charge in [-0.25, -0.2) is 20.4 Å². The molecule has 0 rings (SSSR count). The SMILES string of the molecule is CN.N=C=O.N=C=O. The second-order valence-corrected chi connectivity index (χ2v) is 0.204. The lowest BCUT2D eigenvalue weighted by atomic mass is 11.6. The van der Waals surface area contributed by atoms with Crippen LogP contribution in [0.1, 0.15) is 0 Å². The van der Waals surface area contributed by atoms with E-state index in [-0.39, 0.29) is 0 Å². The first kappa shape index (κ1) is 15.9. The van der Waals surface area contributed by atoms with Gasteiger partial charge in [0, 0.05) is 0 Å². The standard InChI is InChI=1S/2CHNO.CH5N/c2*2-1-3;1-2/h2*2H;2H2,1H3. The molecule has 0 aromatic rings. The monoisotopic (exact) mass is 117 g/mol. The number of hydrogen-bond acceptors (Lipinski definition) is 5. The maximum Gasteiger partial charge on any atom is 0.231 e. The topological polar surface area (TPSA) is 108 Å². The van der Waals surface area contributed by atoms with E-state index in [4.69, 9.17) is 20.4 Å². The third-order valence-electron chi connectivity index (χ3n) is 0. The van der Waals surface area contributed by atoms with Crippen molar-refractivity contribution in [3.63, 3.8) is 0 Å². The molecule has 0 spiro atoms. The van der Waals surface area contributed by atoms with Crippen molar-refractivity contribution in [2.24, 2.45) is 5.73 Å². The summed E-state index contributed by atoms with van der Waals surface area (Å²) in [7, 11) is 1.50. The van der Waals surface area contributed by atoms with Crippen molar-refractivity contribution in [1.29, 1.82) is 10.8 Å². The van der Waals surface area contributed by atoms with E-state index < -0.39 is 0 Å². The van der Waals surface area contributed by atoms with Crippen LogP contribution in [-0.2, 0) is 9.59 Å². The van der Waals surface area contributed by atoms with Gasteiger partial charge in [0.1, 0.15) is 0 Å². The number of hydrogen-bond donors (Lipinski definition) is 3. The first-order valence-corrected chi connectivity index (χ1v) is 1.49. The Morgan fingerprint density at radius 2 is 1.12 bits per heavy atom. The van der Waals surface area contributed by atoms with E-state index in [1.807, 2.05) is 0 Å². The smallest absolute Gasteiger partial charge is 0.231 e. The molecule has 0 aliphatic carbocycles. The van der Waals surface area contributed by atoms with Crippen molar-refractivity contribution < 1.29 is 9.59 Å². The molecule has 0 fully saturated rings. The summed E-state index contributed by atoms with van der Waals surface area (Å²) in [4.78, 5) is 16.7. The van der Waals surface area contributed by atoms with Crippen LogP contribution in [-0.4, -0.2) is 19.2 Å². The predicted molar refractivity (Wildman–Crippen MR) is 26.9 cm³/mol. The van der Waals surface area contributed by atoms with Crippen LogP contribution in [0.25, 0.3) is 0 Å². The van der Waals surface area contributed by atoms with E-state index in [0.29, 0.717) is 0 Å². The molecule has 0 bridgehead atoms. The Labute approximate surface area is 46.5 Å². The molecule has 0 amide bonds. The van der Waals surface area contributed by atoms with E-state index in [1.54, 1.807) is 0 Å². The van der Waals surface area contributed by atoms with E-state index in [2.05, 4.69) is 5.73 Å². The molecule has 0 atom stereocenters. The highest BCUT2D eigenvalue weighted by molar-refractivity contribution is 5.26. The van der Waals surface area contributed by atoms with Crippen LogP contribution in [0.15, 0.2) is 0 Å². The van der Waals surface area contributed by atoms with Crippen LogP contribution in [0, 0.1) is 10.8 Å². The second-order valence-electron chi connectivity index (χ2n) is 0.204. The van der Waals surface area contributed by atoms with Gasteiger partial charge in [0.25, 0.3) is 0 Å². The molecule has 0 radical (unpaired) electrons. The maximum absolute atomic E-state index is 8.35. The van der Waals surface area contributed by atoms with Crippen molar-refractivity contribution in [2.45, 2.75) is 0 Å². The van der Waals surface area contributed by atoms with Crippen LogP contribution in [0.2, 0.25) is 0 Å². The highest BCUT2D eigenvalue weighted by Crippen LogP contribution is 0.871. The lowest BCUT2D eigenvalue weighted by Crippen LogP contribution is -1.69. The maximum atomic E-state index is 8.35. The molecule has 0 aromatic carbocycles. The third-order valence-corrected chi connectivity index (χ3v) is 0. The first-order valence-electron chi connectivity index (χ1n) is 1.49. The fourth-order valence-electron chi connectivity index (χ4n) is 0. The minimum atomic E-state index is 0.750. The summed E-state index contributed by atoms with van der Waals surface area (Å²) in [5.41, 5.74) is 4.50. The van der Waals surface area contributed by atoms with Crippen LogP contribution < -0.4 is 5.73 Å². The average molecular weight is 117 g/mol. The zero-order valence-corrected chi connectivity index (χ0v) is 4.39. The summed E-state index contributed by atoms with van der Waals surface area (Å²) >= 11 is 0. The summed E-state index contributed by atoms with van der Waals surface area (Å²) in [6.07, 6.45) is 1.50. The summed E-state index contributed by atoms with van der Waals surface area (Å²) in [6, 6.07) is 0. The molecule has 0 aliphatic heterocycles. The van der Waals surface area contributed by atoms with Gasteiger partial charge in [-0.05, 0) is 7.05 Å². The molecule has 8 heavy (non-hydrogen) atoms. The average Bonchev–Trinajstić information content (AvgIpc) is 1.75. The normalized spacial score (nSPS) is 2.75. The predicted octanol–water partition coefficient (Wildman–Crippen LogP) is -0.623. The second kappa shape index (κ2) is 246. The fraction of sp³-hybridized carbons (Fsp3) is 0.333. The van der Waals surface area contributed by atoms with Crippen molar-refractivity contribution >= 4 is 12.2 Å². The van der Waals surface area contributed by atoms with Gasteiger partial charge in [0.2, 0.25) is 12.2 Å². The largest absolute Gasteiger partial charge is 0.333 e. The van der Waals surface area contributed by atoms with Crippen molar-refractivity contribution in [2.75, 3.05) is 7.05 Å². The van der Waals surface area contributed by atoms with Crippen molar-refractivity contribution in [1.82, 2.24) is 0 Å². The molecular weight excluding hydrogens is 110 g/mol. The Hall–Kier alpha value is -1.28. The van der Waals surface area contributed by atoms with Gasteiger partial charge in [-0.3, -0.25) is 0 Å². The van der Waals surface area contributed by atoms with Gasteiger partial charge >= 0.3 is 0 Å². The molecule has 46 valence electrons. The van der Waals surface area contributed by atoms with Crippen LogP contribution >= 0.6 is 0 Å². The molecule has 5 nitrogen and oxygen atoms in total. The van der Waals surface area contributed by atoms with Gasteiger partial charge in [-0.1, -0.05) is 0 Å². The lowest BCUT2D eigenvalue weighted by molar-refractivity contribution is 0.562. The number of nitrogens with two attached hydrogens (primary N) is 1. The summed E-state index contributed by atoms with van der Waals surface area (Å²) in [5.74, 6) is 0. The van der Waals surface area contributed by atoms with E-state index in [1.165, 1.54) is 7.05 Å². The Morgan fingerprint density at radius 1 is 1.12 bits per heavy atom.